The summed E-state index contributed by atoms with van der Waals surface area (Å²) in [6.45, 7) is 6.62. The first kappa shape index (κ1) is 24.6. The van der Waals surface area contributed by atoms with Crippen LogP contribution in [0.1, 0.15) is 37.0 Å². The number of aryl methyl sites for hydroxylation is 1. The molecule has 2 rings (SSSR count). The van der Waals surface area contributed by atoms with E-state index in [1.54, 1.807) is 30.0 Å². The Labute approximate surface area is 193 Å². The van der Waals surface area contributed by atoms with E-state index in [1.165, 1.54) is 22.9 Å². The van der Waals surface area contributed by atoms with Crippen molar-refractivity contribution in [2.75, 3.05) is 12.3 Å². The minimum Gasteiger partial charge on any atom is -0.354 e. The van der Waals surface area contributed by atoms with Crippen LogP contribution in [-0.2, 0) is 21.9 Å². The summed E-state index contributed by atoms with van der Waals surface area (Å²) in [5, 5.41) is 3.88. The number of rotatable bonds is 10. The SMILES string of the molecule is CCCNC(=O)C(C)N(Cc1ccc(Cl)cc1Cl)C(=O)CSCc1cccc(C)c1. The van der Waals surface area contributed by atoms with Gasteiger partial charge >= 0.3 is 0 Å². The zero-order chi connectivity index (χ0) is 22.1. The van der Waals surface area contributed by atoms with Gasteiger partial charge in [-0.05, 0) is 43.5 Å². The molecular weight excluding hydrogens is 439 g/mol. The number of nitrogens with zero attached hydrogens (tertiary/aromatic N) is 1. The normalized spacial score (nSPS) is 11.8. The molecule has 2 aromatic carbocycles. The van der Waals surface area contributed by atoms with Crippen LogP contribution in [0.25, 0.3) is 0 Å². The molecule has 162 valence electrons. The summed E-state index contributed by atoms with van der Waals surface area (Å²) in [6.07, 6.45) is 0.835. The van der Waals surface area contributed by atoms with E-state index in [9.17, 15) is 9.59 Å². The van der Waals surface area contributed by atoms with E-state index < -0.39 is 6.04 Å². The van der Waals surface area contributed by atoms with Gasteiger partial charge in [-0.1, -0.05) is 66.0 Å². The topological polar surface area (TPSA) is 49.4 Å². The first-order chi connectivity index (χ1) is 14.3. The molecule has 7 heteroatoms. The molecule has 0 heterocycles. The minimum absolute atomic E-state index is 0.0992. The Balaban J connectivity index is 2.10. The molecule has 30 heavy (non-hydrogen) atoms. The molecule has 2 aromatic rings. The van der Waals surface area contributed by atoms with Crippen molar-refractivity contribution in [2.45, 2.75) is 45.5 Å². The van der Waals surface area contributed by atoms with Gasteiger partial charge in [0.1, 0.15) is 6.04 Å². The zero-order valence-electron chi connectivity index (χ0n) is 17.6. The Hall–Kier alpha value is -1.69. The highest BCUT2D eigenvalue weighted by Gasteiger charge is 2.26. The third-order valence-electron chi connectivity index (χ3n) is 4.65. The van der Waals surface area contributed by atoms with Crippen molar-refractivity contribution in [1.29, 1.82) is 0 Å². The maximum Gasteiger partial charge on any atom is 0.242 e. The fourth-order valence-electron chi connectivity index (χ4n) is 2.95. The van der Waals surface area contributed by atoms with Crippen molar-refractivity contribution in [3.63, 3.8) is 0 Å². The maximum atomic E-state index is 13.1. The third-order valence-corrected chi connectivity index (χ3v) is 6.22. The van der Waals surface area contributed by atoms with Crippen LogP contribution in [0, 0.1) is 6.92 Å². The second-order valence-electron chi connectivity index (χ2n) is 7.21. The molecule has 0 fully saturated rings. The number of hydrogen-bond acceptors (Lipinski definition) is 3. The van der Waals surface area contributed by atoms with Gasteiger partial charge in [0.25, 0.3) is 0 Å². The molecule has 0 aromatic heterocycles. The lowest BCUT2D eigenvalue weighted by atomic mass is 10.1. The monoisotopic (exact) mass is 466 g/mol. The number of hydrogen-bond donors (Lipinski definition) is 1. The standard InChI is InChI=1S/C23H28Cl2N2O2S/c1-4-10-26-23(29)17(3)27(13-19-8-9-20(24)12-21(19)25)22(28)15-30-14-18-7-5-6-16(2)11-18/h5-9,11-12,17H,4,10,13-15H2,1-3H3,(H,26,29). The fourth-order valence-corrected chi connectivity index (χ4v) is 4.28. The summed E-state index contributed by atoms with van der Waals surface area (Å²) in [7, 11) is 0. The lowest BCUT2D eigenvalue weighted by Crippen LogP contribution is -2.48. The summed E-state index contributed by atoms with van der Waals surface area (Å²) in [5.74, 6) is 0.751. The number of benzene rings is 2. The molecule has 0 bridgehead atoms. The van der Waals surface area contributed by atoms with Crippen LogP contribution in [0.5, 0.6) is 0 Å². The molecule has 0 spiro atoms. The lowest BCUT2D eigenvalue weighted by molar-refractivity contribution is -0.138. The molecule has 2 amide bonds. The summed E-state index contributed by atoms with van der Waals surface area (Å²) in [6, 6.07) is 12.8. The van der Waals surface area contributed by atoms with Gasteiger partial charge in [0.2, 0.25) is 11.8 Å². The number of thioether (sulfide) groups is 1. The van der Waals surface area contributed by atoms with E-state index in [4.69, 9.17) is 23.2 Å². The lowest BCUT2D eigenvalue weighted by Gasteiger charge is -2.29. The van der Waals surface area contributed by atoms with Crippen molar-refractivity contribution in [3.05, 3.63) is 69.2 Å². The van der Waals surface area contributed by atoms with Gasteiger partial charge in [0.15, 0.2) is 0 Å². The molecule has 0 aliphatic carbocycles. The number of carbonyl (C=O) groups is 2. The summed E-state index contributed by atoms with van der Waals surface area (Å²) < 4.78 is 0. The van der Waals surface area contributed by atoms with E-state index >= 15 is 0 Å². The first-order valence-corrected chi connectivity index (χ1v) is 11.9. The molecule has 0 radical (unpaired) electrons. The second kappa shape index (κ2) is 12.2. The van der Waals surface area contributed by atoms with Crippen molar-refractivity contribution in [1.82, 2.24) is 10.2 Å². The fraction of sp³-hybridized carbons (Fsp3) is 0.391. The molecule has 0 saturated heterocycles. The van der Waals surface area contributed by atoms with Crippen LogP contribution in [0.15, 0.2) is 42.5 Å². The quantitative estimate of drug-likeness (QED) is 0.504. The first-order valence-electron chi connectivity index (χ1n) is 9.96. The number of halogens is 2. The molecule has 0 saturated carbocycles. The van der Waals surface area contributed by atoms with Gasteiger partial charge in [-0.3, -0.25) is 9.59 Å². The van der Waals surface area contributed by atoms with E-state index in [2.05, 4.69) is 17.4 Å². The predicted molar refractivity (Wildman–Crippen MR) is 127 cm³/mol. The predicted octanol–water partition coefficient (Wildman–Crippen LogP) is 5.48. The van der Waals surface area contributed by atoms with Gasteiger partial charge in [-0.15, -0.1) is 11.8 Å². The third kappa shape index (κ3) is 7.53. The van der Waals surface area contributed by atoms with Crippen molar-refractivity contribution < 1.29 is 9.59 Å². The molecule has 1 atom stereocenters. The highest BCUT2D eigenvalue weighted by Crippen LogP contribution is 2.24. The molecule has 0 aliphatic heterocycles. The van der Waals surface area contributed by atoms with E-state index in [-0.39, 0.29) is 24.1 Å². The number of carbonyl (C=O) groups excluding carboxylic acids is 2. The van der Waals surface area contributed by atoms with E-state index in [0.717, 1.165) is 17.7 Å². The second-order valence-corrected chi connectivity index (χ2v) is 9.04. The largest absolute Gasteiger partial charge is 0.354 e. The average molecular weight is 467 g/mol. The Morgan fingerprint density at radius 1 is 1.17 bits per heavy atom. The van der Waals surface area contributed by atoms with Crippen LogP contribution in [-0.4, -0.2) is 35.1 Å². The van der Waals surface area contributed by atoms with Crippen LogP contribution in [0.4, 0.5) is 0 Å². The van der Waals surface area contributed by atoms with Gasteiger partial charge in [0, 0.05) is 28.9 Å². The number of amides is 2. The smallest absolute Gasteiger partial charge is 0.242 e. The summed E-state index contributed by atoms with van der Waals surface area (Å²) >= 11 is 13.8. The Morgan fingerprint density at radius 2 is 1.93 bits per heavy atom. The average Bonchev–Trinajstić information content (AvgIpc) is 2.71. The van der Waals surface area contributed by atoms with Crippen molar-refractivity contribution in [3.8, 4) is 0 Å². The van der Waals surface area contributed by atoms with Crippen LogP contribution in [0.3, 0.4) is 0 Å². The van der Waals surface area contributed by atoms with E-state index in [1.807, 2.05) is 26.0 Å². The van der Waals surface area contributed by atoms with Gasteiger partial charge in [-0.25, -0.2) is 0 Å². The van der Waals surface area contributed by atoms with Crippen LogP contribution < -0.4 is 5.32 Å². The Bertz CT molecular complexity index is 876. The molecule has 0 aliphatic rings. The number of nitrogens with one attached hydrogen (secondary N) is 1. The van der Waals surface area contributed by atoms with Crippen LogP contribution in [0.2, 0.25) is 10.0 Å². The molecule has 1 N–H and O–H groups in total. The summed E-state index contributed by atoms with van der Waals surface area (Å²) in [5.41, 5.74) is 3.13. The molecular formula is C23H28Cl2N2O2S. The Morgan fingerprint density at radius 3 is 2.60 bits per heavy atom. The van der Waals surface area contributed by atoms with Gasteiger partial charge in [0.05, 0.1) is 5.75 Å². The van der Waals surface area contributed by atoms with Gasteiger partial charge < -0.3 is 10.2 Å². The summed E-state index contributed by atoms with van der Waals surface area (Å²) in [4.78, 5) is 27.2. The molecule has 1 unspecified atom stereocenters. The van der Waals surface area contributed by atoms with Crippen LogP contribution >= 0.6 is 35.0 Å². The van der Waals surface area contributed by atoms with Crippen molar-refractivity contribution in [2.24, 2.45) is 0 Å². The Kier molecular flexibility index (Phi) is 10.0. The highest BCUT2D eigenvalue weighted by molar-refractivity contribution is 7.99. The zero-order valence-corrected chi connectivity index (χ0v) is 19.9. The van der Waals surface area contributed by atoms with Gasteiger partial charge in [-0.2, -0.15) is 0 Å². The molecule has 4 nitrogen and oxygen atoms in total. The minimum atomic E-state index is -0.602. The maximum absolute atomic E-state index is 13.1. The van der Waals surface area contributed by atoms with E-state index in [0.29, 0.717) is 16.6 Å². The highest BCUT2D eigenvalue weighted by atomic mass is 35.5. The van der Waals surface area contributed by atoms with Crippen molar-refractivity contribution >= 4 is 46.8 Å².